The van der Waals surface area contributed by atoms with Crippen molar-refractivity contribution >= 4 is 29.2 Å². The van der Waals surface area contributed by atoms with Gasteiger partial charge in [0.15, 0.2) is 5.11 Å². The van der Waals surface area contributed by atoms with E-state index < -0.39 is 17.8 Å². The smallest absolute Gasteiger partial charge is 0.416 e. The summed E-state index contributed by atoms with van der Waals surface area (Å²) in [4.78, 5) is 11.3. The van der Waals surface area contributed by atoms with Gasteiger partial charge in [0.2, 0.25) is 0 Å². The zero-order valence-electron chi connectivity index (χ0n) is 12.4. The molecular formula is C14H13F3N4O2S. The van der Waals surface area contributed by atoms with E-state index in [0.717, 1.165) is 12.1 Å². The summed E-state index contributed by atoms with van der Waals surface area (Å²) < 4.78 is 42.5. The van der Waals surface area contributed by atoms with E-state index in [9.17, 15) is 18.0 Å². The van der Waals surface area contributed by atoms with E-state index in [0.29, 0.717) is 16.9 Å². The third-order valence-corrected chi connectivity index (χ3v) is 3.10. The Hall–Kier alpha value is -2.62. The van der Waals surface area contributed by atoms with Gasteiger partial charge in [0, 0.05) is 5.56 Å². The first-order chi connectivity index (χ1) is 11.3. The highest BCUT2D eigenvalue weighted by Crippen LogP contribution is 2.32. The van der Waals surface area contributed by atoms with Crippen LogP contribution in [0.3, 0.4) is 0 Å². The van der Waals surface area contributed by atoms with Crippen molar-refractivity contribution in [2.75, 3.05) is 11.9 Å². The Morgan fingerprint density at radius 1 is 1.33 bits per heavy atom. The van der Waals surface area contributed by atoms with E-state index in [-0.39, 0.29) is 11.7 Å². The van der Waals surface area contributed by atoms with E-state index >= 15 is 0 Å². The molecule has 0 atom stereocenters. The Balaban J connectivity index is 2.13. The molecule has 1 amide bonds. The molecule has 24 heavy (non-hydrogen) atoms. The molecule has 6 nitrogen and oxygen atoms in total. The minimum absolute atomic E-state index is 0.0362. The summed E-state index contributed by atoms with van der Waals surface area (Å²) in [5, 5.41) is 11.4. The first kappa shape index (κ1) is 17.7. The number of aromatic nitrogens is 2. The Bertz CT molecular complexity index is 728. The molecule has 128 valence electrons. The highest BCUT2D eigenvalue weighted by Gasteiger charge is 2.30. The molecule has 0 saturated heterocycles. The molecule has 2 rings (SSSR count). The lowest BCUT2D eigenvalue weighted by Crippen LogP contribution is -2.34. The number of aromatic amines is 1. The van der Waals surface area contributed by atoms with Crippen molar-refractivity contribution in [2.45, 2.75) is 13.1 Å². The molecule has 0 bridgehead atoms. The van der Waals surface area contributed by atoms with Gasteiger partial charge in [-0.15, -0.1) is 0 Å². The van der Waals surface area contributed by atoms with Gasteiger partial charge in [-0.3, -0.25) is 10.4 Å². The number of benzene rings is 1. The highest BCUT2D eigenvalue weighted by molar-refractivity contribution is 7.80. The number of hydrogen-bond acceptors (Lipinski definition) is 4. The number of nitrogens with zero attached hydrogens (tertiary/aromatic N) is 1. The molecule has 0 saturated carbocycles. The van der Waals surface area contributed by atoms with Crippen molar-refractivity contribution in [1.29, 1.82) is 0 Å². The molecule has 0 fully saturated rings. The number of halogens is 3. The molecule has 0 aliphatic carbocycles. The highest BCUT2D eigenvalue weighted by atomic mass is 32.1. The molecule has 3 N–H and O–H groups in total. The molecule has 2 aromatic rings. The van der Waals surface area contributed by atoms with Crippen LogP contribution in [0.5, 0.6) is 0 Å². The molecule has 0 radical (unpaired) electrons. The van der Waals surface area contributed by atoms with Crippen molar-refractivity contribution in [3.05, 3.63) is 36.0 Å². The van der Waals surface area contributed by atoms with Gasteiger partial charge in [0.1, 0.15) is 5.82 Å². The number of H-pyrrole nitrogens is 1. The Labute approximate surface area is 140 Å². The number of alkyl carbamates (subject to hydrolysis) is 1. The number of amides is 1. The molecule has 1 aromatic heterocycles. The Morgan fingerprint density at radius 3 is 2.58 bits per heavy atom. The topological polar surface area (TPSA) is 79.0 Å². The number of carbonyl (C=O) groups is 1. The van der Waals surface area contributed by atoms with Crippen LogP contribution in [0, 0.1) is 0 Å². The quantitative estimate of drug-likeness (QED) is 0.732. The van der Waals surface area contributed by atoms with E-state index in [4.69, 9.17) is 12.2 Å². The van der Waals surface area contributed by atoms with Gasteiger partial charge in [0.25, 0.3) is 0 Å². The third-order valence-electron chi connectivity index (χ3n) is 2.89. The number of thiocarbonyl (C=S) groups is 1. The fourth-order valence-corrected chi connectivity index (χ4v) is 2.03. The van der Waals surface area contributed by atoms with Crippen molar-refractivity contribution in [3.63, 3.8) is 0 Å². The lowest BCUT2D eigenvalue weighted by molar-refractivity contribution is -0.137. The van der Waals surface area contributed by atoms with Crippen molar-refractivity contribution < 1.29 is 22.7 Å². The first-order valence-electron chi connectivity index (χ1n) is 6.77. The van der Waals surface area contributed by atoms with Gasteiger partial charge >= 0.3 is 12.3 Å². The number of rotatable bonds is 3. The minimum Gasteiger partial charge on any atom is -0.450 e. The number of hydrogen-bond donors (Lipinski definition) is 3. The predicted molar refractivity (Wildman–Crippen MR) is 85.4 cm³/mol. The van der Waals surface area contributed by atoms with Gasteiger partial charge in [0.05, 0.1) is 18.4 Å². The van der Waals surface area contributed by atoms with E-state index in [1.54, 1.807) is 6.92 Å². The van der Waals surface area contributed by atoms with Crippen LogP contribution >= 0.6 is 12.2 Å². The Kier molecular flexibility index (Phi) is 5.39. The van der Waals surface area contributed by atoms with Crippen molar-refractivity contribution in [3.8, 4) is 11.1 Å². The number of carbonyl (C=O) groups excluding carboxylic acids is 1. The molecule has 10 heteroatoms. The van der Waals surface area contributed by atoms with Crippen LogP contribution in [0.2, 0.25) is 0 Å². The number of anilines is 1. The van der Waals surface area contributed by atoms with E-state index in [1.165, 1.54) is 18.3 Å². The summed E-state index contributed by atoms with van der Waals surface area (Å²) in [7, 11) is 0. The average Bonchev–Trinajstić information content (AvgIpc) is 2.94. The van der Waals surface area contributed by atoms with Gasteiger partial charge in [-0.25, -0.2) is 4.79 Å². The molecule has 0 spiro atoms. The maximum Gasteiger partial charge on any atom is 0.416 e. The number of nitrogens with one attached hydrogen (secondary N) is 3. The molecule has 0 aliphatic heterocycles. The van der Waals surface area contributed by atoms with Gasteiger partial charge in [-0.05, 0) is 36.8 Å². The largest absolute Gasteiger partial charge is 0.450 e. The second kappa shape index (κ2) is 7.30. The summed E-state index contributed by atoms with van der Waals surface area (Å²) >= 11 is 4.95. The molecular weight excluding hydrogens is 345 g/mol. The number of alkyl halides is 3. The van der Waals surface area contributed by atoms with E-state index in [1.807, 2.05) is 0 Å². The van der Waals surface area contributed by atoms with Crippen LogP contribution in [-0.4, -0.2) is 28.0 Å². The first-order valence-corrected chi connectivity index (χ1v) is 7.18. The monoisotopic (exact) mass is 358 g/mol. The predicted octanol–water partition coefficient (Wildman–Crippen LogP) is 3.54. The molecule has 0 aliphatic rings. The zero-order valence-corrected chi connectivity index (χ0v) is 13.2. The maximum atomic E-state index is 12.6. The van der Waals surface area contributed by atoms with E-state index in [2.05, 4.69) is 25.6 Å². The maximum absolute atomic E-state index is 12.6. The molecule has 1 heterocycles. The number of ether oxygens (including phenoxy) is 1. The normalized spacial score (nSPS) is 11.0. The minimum atomic E-state index is -4.40. The lowest BCUT2D eigenvalue weighted by atomic mass is 10.1. The summed E-state index contributed by atoms with van der Waals surface area (Å²) in [6, 6.07) is 4.59. The second-order valence-electron chi connectivity index (χ2n) is 4.53. The van der Waals surface area contributed by atoms with Gasteiger partial charge in [-0.1, -0.05) is 12.1 Å². The molecule has 0 unspecified atom stereocenters. The van der Waals surface area contributed by atoms with Crippen LogP contribution in [0.15, 0.2) is 30.5 Å². The zero-order chi connectivity index (χ0) is 17.7. The SMILES string of the molecule is CCOC(=O)NC(=S)Nc1[nH]ncc1-c1ccc(C(F)(F)F)cc1. The van der Waals surface area contributed by atoms with Crippen LogP contribution < -0.4 is 10.6 Å². The standard InChI is InChI=1S/C14H13F3N4O2S/c1-2-23-13(22)20-12(24)19-11-10(7-18-21-11)8-3-5-9(6-4-8)14(15,16)17/h3-7H,2H2,1H3,(H3,18,19,20,21,22,24). The van der Waals surface area contributed by atoms with Crippen molar-refractivity contribution in [1.82, 2.24) is 15.5 Å². The van der Waals surface area contributed by atoms with Crippen LogP contribution in [-0.2, 0) is 10.9 Å². The summed E-state index contributed by atoms with van der Waals surface area (Å²) in [5.74, 6) is 0.330. The Morgan fingerprint density at radius 2 is 2.00 bits per heavy atom. The second-order valence-corrected chi connectivity index (χ2v) is 4.94. The van der Waals surface area contributed by atoms with Crippen LogP contribution in [0.25, 0.3) is 11.1 Å². The van der Waals surface area contributed by atoms with Crippen LogP contribution in [0.4, 0.5) is 23.8 Å². The third kappa shape index (κ3) is 4.44. The fourth-order valence-electron chi connectivity index (χ4n) is 1.84. The summed E-state index contributed by atoms with van der Waals surface area (Å²) in [5.41, 5.74) is 0.249. The average molecular weight is 358 g/mol. The molecule has 1 aromatic carbocycles. The van der Waals surface area contributed by atoms with Gasteiger partial charge in [-0.2, -0.15) is 18.3 Å². The van der Waals surface area contributed by atoms with Crippen molar-refractivity contribution in [2.24, 2.45) is 0 Å². The summed E-state index contributed by atoms with van der Waals surface area (Å²) in [6.45, 7) is 1.84. The fraction of sp³-hybridized carbons (Fsp3) is 0.214. The van der Waals surface area contributed by atoms with Crippen LogP contribution in [0.1, 0.15) is 12.5 Å². The summed E-state index contributed by atoms with van der Waals surface area (Å²) in [6.07, 6.45) is -3.69. The lowest BCUT2D eigenvalue weighted by Gasteiger charge is -2.10. The van der Waals surface area contributed by atoms with Gasteiger partial charge < -0.3 is 10.1 Å².